The molecule has 1 saturated heterocycles. The van der Waals surface area contributed by atoms with Gasteiger partial charge in [-0.2, -0.15) is 0 Å². The number of rotatable bonds is 5. The molecule has 1 atom stereocenters. The first-order valence-corrected chi connectivity index (χ1v) is 7.83. The summed E-state index contributed by atoms with van der Waals surface area (Å²) in [7, 11) is 2.20. The molecule has 0 amide bonds. The summed E-state index contributed by atoms with van der Waals surface area (Å²) in [6.45, 7) is 8.13. The van der Waals surface area contributed by atoms with Crippen molar-refractivity contribution in [2.75, 3.05) is 45.1 Å². The van der Waals surface area contributed by atoms with Crippen LogP contribution in [0.15, 0.2) is 24.3 Å². The molecule has 21 heavy (non-hydrogen) atoms. The fourth-order valence-corrected chi connectivity index (χ4v) is 2.77. The van der Waals surface area contributed by atoms with Crippen molar-refractivity contribution >= 4 is 17.0 Å². The van der Waals surface area contributed by atoms with Gasteiger partial charge < -0.3 is 20.1 Å². The third kappa shape index (κ3) is 3.74. The normalized spacial score (nSPS) is 19.0. The predicted octanol–water partition coefficient (Wildman–Crippen LogP) is 2.00. The minimum absolute atomic E-state index is 0.421. The Morgan fingerprint density at radius 2 is 2.00 bits per heavy atom. The Hall–Kier alpha value is -1.59. The summed E-state index contributed by atoms with van der Waals surface area (Å²) >= 11 is 0. The number of fused-ring (bicyclic) bond motifs is 1. The smallest absolute Gasteiger partial charge is 0.201 e. The van der Waals surface area contributed by atoms with Crippen LogP contribution in [0.1, 0.15) is 13.3 Å². The highest BCUT2D eigenvalue weighted by Crippen LogP contribution is 2.14. The molecular formula is C16H25N5. The molecule has 1 aliphatic heterocycles. The van der Waals surface area contributed by atoms with Gasteiger partial charge in [-0.15, -0.1) is 0 Å². The van der Waals surface area contributed by atoms with Crippen molar-refractivity contribution in [1.29, 1.82) is 0 Å². The average Bonchev–Trinajstić information content (AvgIpc) is 2.88. The van der Waals surface area contributed by atoms with Gasteiger partial charge in [0.15, 0.2) is 0 Å². The number of likely N-dealkylation sites (N-methyl/N-ethyl adjacent to an activating group) is 1. The van der Waals surface area contributed by atoms with Crippen LogP contribution in [0.25, 0.3) is 11.0 Å². The van der Waals surface area contributed by atoms with Crippen LogP contribution in [-0.4, -0.2) is 65.6 Å². The fraction of sp³-hybridized carbons (Fsp3) is 0.562. The molecule has 0 saturated carbocycles. The van der Waals surface area contributed by atoms with Gasteiger partial charge in [0.2, 0.25) is 5.95 Å². The molecule has 1 aromatic heterocycles. The van der Waals surface area contributed by atoms with E-state index in [1.54, 1.807) is 0 Å². The van der Waals surface area contributed by atoms with E-state index in [0.29, 0.717) is 6.04 Å². The number of piperazine rings is 1. The van der Waals surface area contributed by atoms with Crippen molar-refractivity contribution < 1.29 is 0 Å². The Labute approximate surface area is 126 Å². The summed E-state index contributed by atoms with van der Waals surface area (Å²) in [5.41, 5.74) is 2.11. The Balaban J connectivity index is 1.48. The number of benzene rings is 1. The maximum absolute atomic E-state index is 4.57. The van der Waals surface area contributed by atoms with Crippen LogP contribution in [0.5, 0.6) is 0 Å². The van der Waals surface area contributed by atoms with Gasteiger partial charge in [-0.3, -0.25) is 0 Å². The number of nitrogens with zero attached hydrogens (tertiary/aromatic N) is 3. The van der Waals surface area contributed by atoms with E-state index in [-0.39, 0.29) is 0 Å². The van der Waals surface area contributed by atoms with Crippen molar-refractivity contribution in [3.63, 3.8) is 0 Å². The second-order valence-electron chi connectivity index (χ2n) is 6.08. The maximum Gasteiger partial charge on any atom is 0.201 e. The molecule has 1 unspecified atom stereocenters. The zero-order valence-electron chi connectivity index (χ0n) is 13.0. The van der Waals surface area contributed by atoms with Crippen LogP contribution >= 0.6 is 0 Å². The van der Waals surface area contributed by atoms with Crippen LogP contribution in [-0.2, 0) is 0 Å². The van der Waals surface area contributed by atoms with Crippen molar-refractivity contribution in [2.45, 2.75) is 19.4 Å². The molecule has 1 aromatic carbocycles. The van der Waals surface area contributed by atoms with Gasteiger partial charge in [0.05, 0.1) is 11.0 Å². The molecule has 0 spiro atoms. The third-order valence-corrected chi connectivity index (χ3v) is 4.25. The second kappa shape index (κ2) is 6.45. The summed E-state index contributed by atoms with van der Waals surface area (Å²) in [6.07, 6.45) is 1.14. The molecule has 1 aliphatic rings. The highest BCUT2D eigenvalue weighted by molar-refractivity contribution is 5.77. The Morgan fingerprint density at radius 3 is 2.76 bits per heavy atom. The molecule has 1 fully saturated rings. The number of hydrogen-bond donors (Lipinski definition) is 2. The summed E-state index contributed by atoms with van der Waals surface area (Å²) in [4.78, 5) is 12.8. The van der Waals surface area contributed by atoms with Crippen LogP contribution < -0.4 is 5.32 Å². The summed E-state index contributed by atoms with van der Waals surface area (Å²) < 4.78 is 0. The molecule has 2 aromatic rings. The first-order chi connectivity index (χ1) is 10.2. The minimum Gasteiger partial charge on any atom is -0.353 e. The lowest BCUT2D eigenvalue weighted by Crippen LogP contribution is -2.45. The van der Waals surface area contributed by atoms with E-state index in [9.17, 15) is 0 Å². The van der Waals surface area contributed by atoms with E-state index in [1.165, 1.54) is 26.2 Å². The van der Waals surface area contributed by atoms with E-state index in [0.717, 1.165) is 29.9 Å². The first kappa shape index (κ1) is 14.4. The molecule has 114 valence electrons. The standard InChI is InChI=1S/C16H25N5/c1-13(7-8-21-11-9-20(2)10-12-21)17-16-18-14-5-3-4-6-15(14)19-16/h3-6,13H,7-12H2,1-2H3,(H2,17,18,19). The maximum atomic E-state index is 4.57. The number of aromatic nitrogens is 2. The quantitative estimate of drug-likeness (QED) is 0.883. The highest BCUT2D eigenvalue weighted by Gasteiger charge is 2.14. The molecule has 2 N–H and O–H groups in total. The van der Waals surface area contributed by atoms with Crippen molar-refractivity contribution in [2.24, 2.45) is 0 Å². The van der Waals surface area contributed by atoms with Crippen LogP contribution in [0.3, 0.4) is 0 Å². The Bertz CT molecular complexity index is 538. The molecule has 3 rings (SSSR count). The number of hydrogen-bond acceptors (Lipinski definition) is 4. The highest BCUT2D eigenvalue weighted by atomic mass is 15.2. The van der Waals surface area contributed by atoms with Gasteiger partial charge >= 0.3 is 0 Å². The topological polar surface area (TPSA) is 47.2 Å². The summed E-state index contributed by atoms with van der Waals surface area (Å²) in [5, 5.41) is 3.48. The van der Waals surface area contributed by atoms with Gasteiger partial charge in [0.1, 0.15) is 0 Å². The van der Waals surface area contributed by atoms with Gasteiger partial charge in [0.25, 0.3) is 0 Å². The molecular weight excluding hydrogens is 262 g/mol. The fourth-order valence-electron chi connectivity index (χ4n) is 2.77. The molecule has 5 nitrogen and oxygen atoms in total. The van der Waals surface area contributed by atoms with E-state index >= 15 is 0 Å². The minimum atomic E-state index is 0.421. The van der Waals surface area contributed by atoms with E-state index in [4.69, 9.17) is 0 Å². The van der Waals surface area contributed by atoms with Crippen molar-refractivity contribution in [1.82, 2.24) is 19.8 Å². The van der Waals surface area contributed by atoms with Gasteiger partial charge in [-0.1, -0.05) is 12.1 Å². The number of nitrogens with one attached hydrogen (secondary N) is 2. The SMILES string of the molecule is CC(CCN1CCN(C)CC1)Nc1nc2ccccc2[nH]1. The van der Waals surface area contributed by atoms with Gasteiger partial charge in [-0.05, 0) is 32.5 Å². The number of anilines is 1. The van der Waals surface area contributed by atoms with Crippen molar-refractivity contribution in [3.05, 3.63) is 24.3 Å². The zero-order chi connectivity index (χ0) is 14.7. The zero-order valence-corrected chi connectivity index (χ0v) is 13.0. The lowest BCUT2D eigenvalue weighted by Gasteiger charge is -2.32. The average molecular weight is 287 g/mol. The predicted molar refractivity (Wildman–Crippen MR) is 87.7 cm³/mol. The molecule has 5 heteroatoms. The van der Waals surface area contributed by atoms with E-state index in [1.807, 2.05) is 18.2 Å². The second-order valence-corrected chi connectivity index (χ2v) is 6.08. The number of imidazole rings is 1. The summed E-state index contributed by atoms with van der Waals surface area (Å²) in [5.74, 6) is 0.877. The number of para-hydroxylation sites is 2. The van der Waals surface area contributed by atoms with Crippen LogP contribution in [0.2, 0.25) is 0 Å². The lowest BCUT2D eigenvalue weighted by molar-refractivity contribution is 0.151. The number of H-pyrrole nitrogens is 1. The number of aromatic amines is 1. The Kier molecular flexibility index (Phi) is 4.41. The monoisotopic (exact) mass is 287 g/mol. The van der Waals surface area contributed by atoms with Crippen LogP contribution in [0, 0.1) is 0 Å². The lowest BCUT2D eigenvalue weighted by atomic mass is 10.2. The van der Waals surface area contributed by atoms with Crippen molar-refractivity contribution in [3.8, 4) is 0 Å². The summed E-state index contributed by atoms with van der Waals surface area (Å²) in [6, 6.07) is 8.56. The molecule has 0 bridgehead atoms. The van der Waals surface area contributed by atoms with Gasteiger partial charge in [-0.25, -0.2) is 4.98 Å². The van der Waals surface area contributed by atoms with Crippen LogP contribution in [0.4, 0.5) is 5.95 Å². The Morgan fingerprint density at radius 1 is 1.24 bits per heavy atom. The molecule has 0 aliphatic carbocycles. The molecule has 2 heterocycles. The van der Waals surface area contributed by atoms with E-state index in [2.05, 4.69) is 45.1 Å². The van der Waals surface area contributed by atoms with Gasteiger partial charge in [0, 0.05) is 38.8 Å². The van der Waals surface area contributed by atoms with E-state index < -0.39 is 0 Å². The molecule has 0 radical (unpaired) electrons. The largest absolute Gasteiger partial charge is 0.353 e. The third-order valence-electron chi connectivity index (χ3n) is 4.25. The first-order valence-electron chi connectivity index (χ1n) is 7.83.